The zero-order valence-electron chi connectivity index (χ0n) is 13.1. The molecular weight excluding hydrogens is 281 g/mol. The van der Waals surface area contributed by atoms with Crippen LogP contribution in [0.15, 0.2) is 36.8 Å². The van der Waals surface area contributed by atoms with Crippen molar-refractivity contribution in [2.45, 2.75) is 39.1 Å². The molecule has 1 saturated heterocycles. The summed E-state index contributed by atoms with van der Waals surface area (Å²) in [6, 6.07) is 6.90. The fraction of sp³-hybridized carbons (Fsp3) is 0.471. The van der Waals surface area contributed by atoms with Gasteiger partial charge in [-0.15, -0.1) is 0 Å². The minimum Gasteiger partial charge on any atom is -0.371 e. The van der Waals surface area contributed by atoms with E-state index in [1.165, 1.54) is 11.8 Å². The average Bonchev–Trinajstić information content (AvgIpc) is 2.96. The van der Waals surface area contributed by atoms with E-state index in [1.807, 2.05) is 18.6 Å². The molecule has 2 atom stereocenters. The number of aryl methyl sites for hydroxylation is 1. The summed E-state index contributed by atoms with van der Waals surface area (Å²) >= 11 is 0. The highest BCUT2D eigenvalue weighted by Gasteiger charge is 2.30. The molecule has 1 aromatic heterocycles. The summed E-state index contributed by atoms with van der Waals surface area (Å²) in [5, 5.41) is 0. The molecule has 1 aliphatic heterocycles. The lowest BCUT2D eigenvalue weighted by Crippen LogP contribution is -2.45. The van der Waals surface area contributed by atoms with Crippen molar-refractivity contribution in [2.24, 2.45) is 0 Å². The van der Waals surface area contributed by atoms with Gasteiger partial charge in [0.25, 0.3) is 0 Å². The molecule has 22 heavy (non-hydrogen) atoms. The molecule has 3 rings (SSSR count). The van der Waals surface area contributed by atoms with Crippen molar-refractivity contribution in [2.75, 3.05) is 13.2 Å². The van der Waals surface area contributed by atoms with Gasteiger partial charge < -0.3 is 9.30 Å². The molecule has 1 fully saturated rings. The van der Waals surface area contributed by atoms with Crippen molar-refractivity contribution in [1.29, 1.82) is 0 Å². The molecular formula is C17H22FN3O. The van der Waals surface area contributed by atoms with Crippen molar-refractivity contribution in [3.05, 3.63) is 53.9 Å². The number of rotatable bonds is 4. The second-order valence-electron chi connectivity index (χ2n) is 5.73. The molecule has 4 nitrogen and oxygen atoms in total. The van der Waals surface area contributed by atoms with Gasteiger partial charge in [0.2, 0.25) is 0 Å². The van der Waals surface area contributed by atoms with Crippen LogP contribution in [0.2, 0.25) is 0 Å². The highest BCUT2D eigenvalue weighted by atomic mass is 19.1. The third-order valence-corrected chi connectivity index (χ3v) is 4.37. The lowest BCUT2D eigenvalue weighted by atomic mass is 10.0. The van der Waals surface area contributed by atoms with E-state index >= 15 is 0 Å². The van der Waals surface area contributed by atoms with Crippen LogP contribution in [0.3, 0.4) is 0 Å². The van der Waals surface area contributed by atoms with Gasteiger partial charge in [-0.2, -0.15) is 0 Å². The third kappa shape index (κ3) is 3.05. The van der Waals surface area contributed by atoms with Crippen LogP contribution in [0.25, 0.3) is 0 Å². The van der Waals surface area contributed by atoms with E-state index in [2.05, 4.69) is 28.3 Å². The maximum atomic E-state index is 13.5. The number of hydrogen-bond donors (Lipinski definition) is 0. The fourth-order valence-electron chi connectivity index (χ4n) is 3.09. The SMILES string of the molecule is CCn1cncc1CN1CCO[C@H](c2cccc(F)c2)[C@H]1C. The molecule has 5 heteroatoms. The lowest BCUT2D eigenvalue weighted by molar-refractivity contribution is -0.0709. The molecule has 0 bridgehead atoms. The molecule has 0 aliphatic carbocycles. The smallest absolute Gasteiger partial charge is 0.123 e. The number of benzene rings is 1. The maximum Gasteiger partial charge on any atom is 0.123 e. The summed E-state index contributed by atoms with van der Waals surface area (Å²) in [6.07, 6.45) is 3.69. The molecule has 118 valence electrons. The number of imidazole rings is 1. The molecule has 1 aromatic carbocycles. The van der Waals surface area contributed by atoms with Gasteiger partial charge in [0.15, 0.2) is 0 Å². The van der Waals surface area contributed by atoms with E-state index < -0.39 is 0 Å². The summed E-state index contributed by atoms with van der Waals surface area (Å²) in [7, 11) is 0. The van der Waals surface area contributed by atoms with Crippen LogP contribution in [0, 0.1) is 5.82 Å². The van der Waals surface area contributed by atoms with E-state index in [-0.39, 0.29) is 18.0 Å². The normalized spacial score (nSPS) is 22.9. The molecule has 0 saturated carbocycles. The Morgan fingerprint density at radius 2 is 2.27 bits per heavy atom. The largest absolute Gasteiger partial charge is 0.371 e. The Bertz CT molecular complexity index is 628. The van der Waals surface area contributed by atoms with Gasteiger partial charge in [0, 0.05) is 31.9 Å². The first-order valence-electron chi connectivity index (χ1n) is 7.79. The van der Waals surface area contributed by atoms with Crippen LogP contribution < -0.4 is 0 Å². The second-order valence-corrected chi connectivity index (χ2v) is 5.73. The maximum absolute atomic E-state index is 13.5. The Balaban J connectivity index is 1.76. The highest BCUT2D eigenvalue weighted by Crippen LogP contribution is 2.29. The molecule has 0 unspecified atom stereocenters. The van der Waals surface area contributed by atoms with Crippen LogP contribution in [0.4, 0.5) is 4.39 Å². The zero-order chi connectivity index (χ0) is 15.5. The summed E-state index contributed by atoms with van der Waals surface area (Å²) in [5.41, 5.74) is 2.11. The average molecular weight is 303 g/mol. The lowest BCUT2D eigenvalue weighted by Gasteiger charge is -2.39. The highest BCUT2D eigenvalue weighted by molar-refractivity contribution is 5.21. The van der Waals surface area contributed by atoms with E-state index in [0.29, 0.717) is 6.61 Å². The monoisotopic (exact) mass is 303 g/mol. The topological polar surface area (TPSA) is 30.3 Å². The Labute approximate surface area is 130 Å². The summed E-state index contributed by atoms with van der Waals surface area (Å²) in [4.78, 5) is 6.60. The third-order valence-electron chi connectivity index (χ3n) is 4.37. The second kappa shape index (κ2) is 6.58. The number of halogens is 1. The van der Waals surface area contributed by atoms with Crippen molar-refractivity contribution >= 4 is 0 Å². The van der Waals surface area contributed by atoms with Crippen LogP contribution in [0.1, 0.15) is 31.2 Å². The fourth-order valence-corrected chi connectivity index (χ4v) is 3.09. The summed E-state index contributed by atoms with van der Waals surface area (Å²) in [6.45, 7) is 7.55. The van der Waals surface area contributed by atoms with Crippen molar-refractivity contribution < 1.29 is 9.13 Å². The number of hydrogen-bond acceptors (Lipinski definition) is 3. The van der Waals surface area contributed by atoms with Gasteiger partial charge in [0.1, 0.15) is 5.82 Å². The molecule has 1 aliphatic rings. The zero-order valence-corrected chi connectivity index (χ0v) is 13.1. The number of aromatic nitrogens is 2. The Kier molecular flexibility index (Phi) is 4.55. The van der Waals surface area contributed by atoms with Crippen molar-refractivity contribution in [3.63, 3.8) is 0 Å². The predicted octanol–water partition coefficient (Wildman–Crippen LogP) is 3.00. The van der Waals surface area contributed by atoms with Crippen molar-refractivity contribution in [1.82, 2.24) is 14.5 Å². The van der Waals surface area contributed by atoms with Gasteiger partial charge >= 0.3 is 0 Å². The van der Waals surface area contributed by atoms with Gasteiger partial charge in [-0.3, -0.25) is 4.90 Å². The van der Waals surface area contributed by atoms with Gasteiger partial charge in [-0.1, -0.05) is 12.1 Å². The van der Waals surface area contributed by atoms with Crippen LogP contribution >= 0.6 is 0 Å². The Hall–Kier alpha value is -1.72. The quantitative estimate of drug-likeness (QED) is 0.870. The predicted molar refractivity (Wildman–Crippen MR) is 82.9 cm³/mol. The Morgan fingerprint density at radius 3 is 3.05 bits per heavy atom. The minimum atomic E-state index is -0.213. The van der Waals surface area contributed by atoms with Gasteiger partial charge in [0.05, 0.1) is 24.7 Å². The van der Waals surface area contributed by atoms with E-state index in [9.17, 15) is 4.39 Å². The number of ether oxygens (including phenoxy) is 1. The van der Waals surface area contributed by atoms with Crippen LogP contribution in [-0.2, 0) is 17.8 Å². The summed E-state index contributed by atoms with van der Waals surface area (Å²) < 4.78 is 21.5. The molecule has 0 radical (unpaired) electrons. The van der Waals surface area contributed by atoms with Crippen molar-refractivity contribution in [3.8, 4) is 0 Å². The molecule has 2 aromatic rings. The molecule has 2 heterocycles. The first-order chi connectivity index (χ1) is 10.7. The summed E-state index contributed by atoms with van der Waals surface area (Å²) in [5.74, 6) is -0.213. The van der Waals surface area contributed by atoms with Gasteiger partial charge in [-0.05, 0) is 31.5 Å². The molecule has 0 spiro atoms. The van der Waals surface area contributed by atoms with Crippen LogP contribution in [0.5, 0.6) is 0 Å². The van der Waals surface area contributed by atoms with E-state index in [0.717, 1.165) is 25.2 Å². The first-order valence-corrected chi connectivity index (χ1v) is 7.79. The van der Waals surface area contributed by atoms with E-state index in [1.54, 1.807) is 12.1 Å². The van der Waals surface area contributed by atoms with Crippen LogP contribution in [-0.4, -0.2) is 33.6 Å². The van der Waals surface area contributed by atoms with E-state index in [4.69, 9.17) is 4.74 Å². The van der Waals surface area contributed by atoms with Gasteiger partial charge in [-0.25, -0.2) is 9.37 Å². The standard InChI is InChI=1S/C17H22FN3O/c1-3-20-12-19-10-16(20)11-21-7-8-22-17(13(21)2)14-5-4-6-15(18)9-14/h4-6,9-10,12-13,17H,3,7-8,11H2,1-2H3/t13-,17+/m1/s1. The number of morpholine rings is 1. The first kappa shape index (κ1) is 15.2. The Morgan fingerprint density at radius 1 is 1.41 bits per heavy atom. The number of nitrogens with zero attached hydrogens (tertiary/aromatic N) is 3. The minimum absolute atomic E-state index is 0.0950. The molecule has 0 amide bonds. The molecule has 0 N–H and O–H groups in total.